The van der Waals surface area contributed by atoms with Crippen LogP contribution in [0.15, 0.2) is 0 Å². The molecule has 1 saturated carbocycles. The van der Waals surface area contributed by atoms with Crippen LogP contribution >= 0.6 is 0 Å². The van der Waals surface area contributed by atoms with Crippen LogP contribution in [0.25, 0.3) is 0 Å². The second kappa shape index (κ2) is 2.98. The SMILES string of the molecule is COC(=O)C1C(C)C2CC(C2)N1C. The van der Waals surface area contributed by atoms with E-state index in [-0.39, 0.29) is 12.0 Å². The van der Waals surface area contributed by atoms with Crippen LogP contribution in [0, 0.1) is 11.8 Å². The molecule has 74 valence electrons. The molecule has 3 heteroatoms. The summed E-state index contributed by atoms with van der Waals surface area (Å²) in [5.41, 5.74) is 0. The number of nitrogens with zero attached hydrogens (tertiary/aromatic N) is 1. The zero-order chi connectivity index (χ0) is 9.59. The lowest BCUT2D eigenvalue weighted by Crippen LogP contribution is -2.62. The Morgan fingerprint density at radius 1 is 1.46 bits per heavy atom. The number of fused-ring (bicyclic) bond motifs is 2. The number of carbonyl (C=O) groups is 1. The normalized spacial score (nSPS) is 43.9. The summed E-state index contributed by atoms with van der Waals surface area (Å²) in [6.07, 6.45) is 2.54. The molecule has 2 aliphatic heterocycles. The van der Waals surface area contributed by atoms with Gasteiger partial charge in [0.05, 0.1) is 7.11 Å². The minimum atomic E-state index is -0.0654. The standard InChI is InChI=1S/C10H17NO2/c1-6-7-4-8(5-7)11(2)9(6)10(12)13-3/h6-9H,4-5H2,1-3H3. The Morgan fingerprint density at radius 2 is 2.08 bits per heavy atom. The van der Waals surface area contributed by atoms with Crippen LogP contribution in [0.2, 0.25) is 0 Å². The molecule has 2 heterocycles. The van der Waals surface area contributed by atoms with E-state index in [0.29, 0.717) is 12.0 Å². The van der Waals surface area contributed by atoms with Crippen LogP contribution < -0.4 is 0 Å². The first-order valence-electron chi connectivity index (χ1n) is 4.95. The Morgan fingerprint density at radius 3 is 2.54 bits per heavy atom. The number of carbonyl (C=O) groups excluding carboxylic acids is 1. The summed E-state index contributed by atoms with van der Waals surface area (Å²) in [5.74, 6) is 1.15. The van der Waals surface area contributed by atoms with Crippen LogP contribution in [0.1, 0.15) is 19.8 Å². The van der Waals surface area contributed by atoms with Crippen LogP contribution in [0.4, 0.5) is 0 Å². The number of piperidine rings is 2. The third-order valence-electron chi connectivity index (χ3n) is 3.85. The van der Waals surface area contributed by atoms with Crippen molar-refractivity contribution in [3.05, 3.63) is 0 Å². The van der Waals surface area contributed by atoms with Gasteiger partial charge in [-0.1, -0.05) is 6.92 Å². The van der Waals surface area contributed by atoms with Gasteiger partial charge in [0, 0.05) is 6.04 Å². The molecule has 3 aliphatic rings. The molecule has 0 radical (unpaired) electrons. The maximum atomic E-state index is 11.5. The topological polar surface area (TPSA) is 29.5 Å². The maximum Gasteiger partial charge on any atom is 0.323 e. The Bertz CT molecular complexity index is 209. The molecule has 0 aromatic heterocycles. The monoisotopic (exact) mass is 183 g/mol. The minimum absolute atomic E-state index is 0.00231. The van der Waals surface area contributed by atoms with Gasteiger partial charge in [0.25, 0.3) is 0 Å². The number of ether oxygens (including phenoxy) is 1. The predicted molar refractivity (Wildman–Crippen MR) is 49.2 cm³/mol. The van der Waals surface area contributed by atoms with Crippen molar-refractivity contribution < 1.29 is 9.53 Å². The van der Waals surface area contributed by atoms with Crippen molar-refractivity contribution >= 4 is 5.97 Å². The first-order chi connectivity index (χ1) is 6.15. The number of esters is 1. The van der Waals surface area contributed by atoms with Crippen molar-refractivity contribution in [2.24, 2.45) is 11.8 Å². The second-order valence-corrected chi connectivity index (χ2v) is 4.38. The molecule has 2 saturated heterocycles. The summed E-state index contributed by atoms with van der Waals surface area (Å²) < 4.78 is 4.82. The lowest BCUT2D eigenvalue weighted by molar-refractivity contribution is -0.160. The van der Waals surface area contributed by atoms with E-state index in [2.05, 4.69) is 11.8 Å². The van der Waals surface area contributed by atoms with Gasteiger partial charge in [-0.3, -0.25) is 9.69 Å². The van der Waals surface area contributed by atoms with E-state index in [9.17, 15) is 4.79 Å². The summed E-state index contributed by atoms with van der Waals surface area (Å²) in [7, 11) is 3.52. The highest BCUT2D eigenvalue weighted by Gasteiger charge is 2.50. The van der Waals surface area contributed by atoms with Crippen LogP contribution in [-0.4, -0.2) is 37.1 Å². The van der Waals surface area contributed by atoms with Gasteiger partial charge in [0.15, 0.2) is 0 Å². The molecule has 2 atom stereocenters. The predicted octanol–water partition coefficient (Wildman–Crippen LogP) is 0.888. The fourth-order valence-corrected chi connectivity index (χ4v) is 2.75. The van der Waals surface area contributed by atoms with Gasteiger partial charge in [-0.05, 0) is 31.7 Å². The second-order valence-electron chi connectivity index (χ2n) is 4.38. The van der Waals surface area contributed by atoms with Gasteiger partial charge in [-0.2, -0.15) is 0 Å². The number of hydrogen-bond donors (Lipinski definition) is 0. The van der Waals surface area contributed by atoms with E-state index in [1.54, 1.807) is 0 Å². The number of likely N-dealkylation sites (N-methyl/N-ethyl adjacent to an activating group) is 1. The first kappa shape index (κ1) is 9.00. The Labute approximate surface area is 79.0 Å². The fraction of sp³-hybridized carbons (Fsp3) is 0.900. The van der Waals surface area contributed by atoms with Crippen molar-refractivity contribution in [3.63, 3.8) is 0 Å². The van der Waals surface area contributed by atoms with Crippen LogP contribution in [0.5, 0.6) is 0 Å². The molecule has 0 amide bonds. The molecule has 2 unspecified atom stereocenters. The number of hydrogen-bond acceptors (Lipinski definition) is 3. The molecule has 3 nitrogen and oxygen atoms in total. The first-order valence-corrected chi connectivity index (χ1v) is 4.95. The minimum Gasteiger partial charge on any atom is -0.468 e. The highest BCUT2D eigenvalue weighted by atomic mass is 16.5. The van der Waals surface area contributed by atoms with Gasteiger partial charge in [0.1, 0.15) is 6.04 Å². The van der Waals surface area contributed by atoms with E-state index < -0.39 is 0 Å². The van der Waals surface area contributed by atoms with Crippen molar-refractivity contribution in [1.29, 1.82) is 0 Å². The summed E-state index contributed by atoms with van der Waals surface area (Å²) in [4.78, 5) is 13.7. The van der Waals surface area contributed by atoms with Crippen molar-refractivity contribution in [2.45, 2.75) is 31.8 Å². The Kier molecular flexibility index (Phi) is 2.06. The average Bonchev–Trinajstić information content (AvgIpc) is 2.00. The average molecular weight is 183 g/mol. The van der Waals surface area contributed by atoms with E-state index in [1.165, 1.54) is 20.0 Å². The van der Waals surface area contributed by atoms with Gasteiger partial charge < -0.3 is 4.74 Å². The van der Waals surface area contributed by atoms with Gasteiger partial charge in [-0.15, -0.1) is 0 Å². The summed E-state index contributed by atoms with van der Waals surface area (Å²) in [6, 6.07) is 0.632. The zero-order valence-electron chi connectivity index (χ0n) is 8.49. The quantitative estimate of drug-likeness (QED) is 0.565. The van der Waals surface area contributed by atoms with Crippen molar-refractivity contribution in [1.82, 2.24) is 4.90 Å². The van der Waals surface area contributed by atoms with E-state index in [0.717, 1.165) is 5.92 Å². The third-order valence-corrected chi connectivity index (χ3v) is 3.85. The molecule has 0 N–H and O–H groups in total. The molecule has 3 rings (SSSR count). The fourth-order valence-electron chi connectivity index (χ4n) is 2.75. The summed E-state index contributed by atoms with van der Waals surface area (Å²) >= 11 is 0. The zero-order valence-corrected chi connectivity index (χ0v) is 8.49. The molecule has 0 spiro atoms. The molecule has 13 heavy (non-hydrogen) atoms. The number of rotatable bonds is 1. The molecular weight excluding hydrogens is 166 g/mol. The highest BCUT2D eigenvalue weighted by Crippen LogP contribution is 2.45. The molecule has 0 aromatic carbocycles. The third kappa shape index (κ3) is 1.17. The van der Waals surface area contributed by atoms with Gasteiger partial charge in [0.2, 0.25) is 0 Å². The Balaban J connectivity index is 2.13. The molecular formula is C10H17NO2. The molecule has 0 aromatic rings. The number of methoxy groups -OCH3 is 1. The largest absolute Gasteiger partial charge is 0.468 e. The lowest BCUT2D eigenvalue weighted by atomic mass is 9.65. The van der Waals surface area contributed by atoms with Gasteiger partial charge in [-0.25, -0.2) is 0 Å². The molecule has 2 bridgehead atoms. The highest BCUT2D eigenvalue weighted by molar-refractivity contribution is 5.76. The maximum absolute atomic E-state index is 11.5. The summed E-state index contributed by atoms with van der Waals surface area (Å²) in [6.45, 7) is 2.16. The molecule has 1 aliphatic carbocycles. The van der Waals surface area contributed by atoms with Crippen molar-refractivity contribution in [2.75, 3.05) is 14.2 Å². The van der Waals surface area contributed by atoms with Gasteiger partial charge >= 0.3 is 5.97 Å². The van der Waals surface area contributed by atoms with Crippen molar-refractivity contribution in [3.8, 4) is 0 Å². The van der Waals surface area contributed by atoms with Crippen LogP contribution in [-0.2, 0) is 9.53 Å². The Hall–Kier alpha value is -0.570. The van der Waals surface area contributed by atoms with E-state index >= 15 is 0 Å². The summed E-state index contributed by atoms with van der Waals surface area (Å²) in [5, 5.41) is 0. The lowest BCUT2D eigenvalue weighted by Gasteiger charge is -2.54. The van der Waals surface area contributed by atoms with Crippen LogP contribution in [0.3, 0.4) is 0 Å². The smallest absolute Gasteiger partial charge is 0.323 e. The van der Waals surface area contributed by atoms with E-state index in [1.807, 2.05) is 7.05 Å². The molecule has 3 fully saturated rings. The van der Waals surface area contributed by atoms with E-state index in [4.69, 9.17) is 4.74 Å².